The topological polar surface area (TPSA) is 46.6 Å². The number of para-hydroxylation sites is 1. The van der Waals surface area contributed by atoms with Crippen molar-refractivity contribution in [2.75, 3.05) is 4.90 Å². The van der Waals surface area contributed by atoms with Gasteiger partial charge in [0, 0.05) is 10.5 Å². The number of benzene rings is 3. The first-order valence-electron chi connectivity index (χ1n) is 10.2. The van der Waals surface area contributed by atoms with Crippen molar-refractivity contribution in [3.8, 4) is 0 Å². The molecular weight excluding hydrogens is 406 g/mol. The van der Waals surface area contributed by atoms with E-state index in [-0.39, 0.29) is 5.91 Å². The van der Waals surface area contributed by atoms with Crippen LogP contribution < -0.4 is 4.90 Å². The van der Waals surface area contributed by atoms with E-state index in [0.29, 0.717) is 5.69 Å². The zero-order valence-corrected chi connectivity index (χ0v) is 18.9. The molecule has 1 aliphatic heterocycles. The molecule has 1 atom stereocenters. The second-order valence-corrected chi connectivity index (χ2v) is 9.89. The Kier molecular flexibility index (Phi) is 5.40. The Bertz CT molecular complexity index is 1120. The average molecular weight is 432 g/mol. The number of imide groups is 1. The maximum Gasteiger partial charge on any atom is 0.421 e. The number of nitrogens with zero attached hydrogens (tertiary/aromatic N) is 1. The summed E-state index contributed by atoms with van der Waals surface area (Å²) in [5.41, 5.74) is 2.56. The van der Waals surface area contributed by atoms with Gasteiger partial charge in [0.05, 0.1) is 5.69 Å². The Morgan fingerprint density at radius 2 is 1.52 bits per heavy atom. The molecule has 3 aromatic rings. The summed E-state index contributed by atoms with van der Waals surface area (Å²) in [5, 5.41) is 0. The minimum absolute atomic E-state index is 0.319. The van der Waals surface area contributed by atoms with Crippen LogP contribution in [0.15, 0.2) is 83.8 Å². The van der Waals surface area contributed by atoms with E-state index in [1.165, 1.54) is 16.7 Å². The molecule has 5 heteroatoms. The molecule has 1 aliphatic rings. The molecule has 1 heterocycles. The van der Waals surface area contributed by atoms with Gasteiger partial charge in [0.2, 0.25) is 0 Å². The van der Waals surface area contributed by atoms with Crippen molar-refractivity contribution in [1.29, 1.82) is 0 Å². The molecule has 0 bridgehead atoms. The Morgan fingerprint density at radius 1 is 0.903 bits per heavy atom. The zero-order chi connectivity index (χ0) is 22.2. The first kappa shape index (κ1) is 21.2. The summed E-state index contributed by atoms with van der Waals surface area (Å²) in [6.07, 6.45) is -0.660. The van der Waals surface area contributed by atoms with Gasteiger partial charge in [-0.25, -0.2) is 9.69 Å². The molecule has 0 aliphatic carbocycles. The van der Waals surface area contributed by atoms with E-state index in [2.05, 4.69) is 0 Å². The molecule has 0 radical (unpaired) electrons. The van der Waals surface area contributed by atoms with Gasteiger partial charge in [-0.2, -0.15) is 0 Å². The lowest BCUT2D eigenvalue weighted by Crippen LogP contribution is -2.44. The summed E-state index contributed by atoms with van der Waals surface area (Å²) in [6, 6.07) is 25.2. The van der Waals surface area contributed by atoms with Gasteiger partial charge in [-0.15, -0.1) is 0 Å². The third-order valence-electron chi connectivity index (χ3n) is 5.08. The summed E-state index contributed by atoms with van der Waals surface area (Å²) >= 11 is 1.45. The smallest absolute Gasteiger partial charge is 0.421 e. The molecular formula is C26H25NO3S. The summed E-state index contributed by atoms with van der Waals surface area (Å²) < 4.78 is 4.51. The van der Waals surface area contributed by atoms with Gasteiger partial charge in [0.1, 0.15) is 5.60 Å². The normalized spacial score (nSPS) is 18.1. The second kappa shape index (κ2) is 7.89. The van der Waals surface area contributed by atoms with Crippen LogP contribution in [0.1, 0.15) is 37.5 Å². The monoisotopic (exact) mass is 431 g/mol. The predicted molar refractivity (Wildman–Crippen MR) is 124 cm³/mol. The lowest BCUT2D eigenvalue weighted by Gasteiger charge is -2.29. The number of amides is 2. The van der Waals surface area contributed by atoms with Crippen LogP contribution in [0, 0.1) is 6.92 Å². The van der Waals surface area contributed by atoms with Crippen LogP contribution >= 0.6 is 11.8 Å². The zero-order valence-electron chi connectivity index (χ0n) is 18.1. The summed E-state index contributed by atoms with van der Waals surface area (Å²) in [6.45, 7) is 7.40. The number of fused-ring (bicyclic) bond motifs is 1. The highest BCUT2D eigenvalue weighted by atomic mass is 32.2. The highest BCUT2D eigenvalue weighted by molar-refractivity contribution is 8.01. The highest BCUT2D eigenvalue weighted by Gasteiger charge is 2.55. The number of carbonyl (C=O) groups is 2. The molecule has 4 rings (SSSR count). The van der Waals surface area contributed by atoms with Crippen LogP contribution in [0.5, 0.6) is 0 Å². The quantitative estimate of drug-likeness (QED) is 0.487. The number of hydrogen-bond acceptors (Lipinski definition) is 4. The predicted octanol–water partition coefficient (Wildman–Crippen LogP) is 6.31. The number of carbonyl (C=O) groups excluding carboxylic acids is 2. The number of ether oxygens (including phenoxy) is 1. The van der Waals surface area contributed by atoms with E-state index in [1.807, 2.05) is 79.7 Å². The molecule has 3 aromatic carbocycles. The van der Waals surface area contributed by atoms with Gasteiger partial charge < -0.3 is 4.74 Å². The molecule has 0 saturated heterocycles. The standard InChI is InChI=1S/C26H25NO3S/c1-18-14-16-19(17-15-18)26(31-20-10-6-5-7-11-20)21-12-8-9-13-22(21)27(23(26)28)24(29)30-25(2,3)4/h5-17H,1-4H3/t26-/m0/s1. The summed E-state index contributed by atoms with van der Waals surface area (Å²) in [5.74, 6) is -0.319. The van der Waals surface area contributed by atoms with Crippen LogP contribution in [-0.2, 0) is 14.3 Å². The molecule has 0 spiro atoms. The van der Waals surface area contributed by atoms with Crippen LogP contribution in [0.4, 0.5) is 10.5 Å². The molecule has 0 saturated carbocycles. The average Bonchev–Trinajstić information content (AvgIpc) is 2.97. The van der Waals surface area contributed by atoms with Gasteiger partial charge in [0.15, 0.2) is 4.75 Å². The van der Waals surface area contributed by atoms with Crippen molar-refractivity contribution in [1.82, 2.24) is 0 Å². The van der Waals surface area contributed by atoms with Gasteiger partial charge >= 0.3 is 6.09 Å². The Hall–Kier alpha value is -3.05. The van der Waals surface area contributed by atoms with Crippen LogP contribution in [0.2, 0.25) is 0 Å². The Morgan fingerprint density at radius 3 is 2.16 bits per heavy atom. The molecule has 158 valence electrons. The Labute approximate surface area is 187 Å². The van der Waals surface area contributed by atoms with Crippen molar-refractivity contribution in [3.63, 3.8) is 0 Å². The van der Waals surface area contributed by atoms with Gasteiger partial charge in [-0.3, -0.25) is 4.79 Å². The lowest BCUT2D eigenvalue weighted by molar-refractivity contribution is -0.119. The Balaban J connectivity index is 1.93. The maximum absolute atomic E-state index is 14.1. The first-order chi connectivity index (χ1) is 14.7. The molecule has 31 heavy (non-hydrogen) atoms. The minimum Gasteiger partial charge on any atom is -0.443 e. The molecule has 0 aromatic heterocycles. The first-order valence-corrected chi connectivity index (χ1v) is 11.0. The molecule has 2 amide bonds. The van der Waals surface area contributed by atoms with Crippen molar-refractivity contribution in [2.45, 2.75) is 42.9 Å². The molecule has 0 unspecified atom stereocenters. The molecule has 4 nitrogen and oxygen atoms in total. The fourth-order valence-corrected chi connectivity index (χ4v) is 5.09. The van der Waals surface area contributed by atoms with Crippen LogP contribution in [0.3, 0.4) is 0 Å². The van der Waals surface area contributed by atoms with E-state index in [4.69, 9.17) is 4.74 Å². The third kappa shape index (κ3) is 3.86. The number of hydrogen-bond donors (Lipinski definition) is 0. The van der Waals surface area contributed by atoms with Crippen molar-refractivity contribution in [2.24, 2.45) is 0 Å². The van der Waals surface area contributed by atoms with E-state index < -0.39 is 16.4 Å². The van der Waals surface area contributed by atoms with Gasteiger partial charge in [0.25, 0.3) is 5.91 Å². The van der Waals surface area contributed by atoms with E-state index in [9.17, 15) is 9.59 Å². The van der Waals surface area contributed by atoms with Gasteiger partial charge in [-0.1, -0.05) is 78.0 Å². The lowest BCUT2D eigenvalue weighted by atomic mass is 9.91. The maximum atomic E-state index is 14.1. The van der Waals surface area contributed by atoms with Crippen LogP contribution in [0.25, 0.3) is 0 Å². The SMILES string of the molecule is Cc1ccc([C@@]2(Sc3ccccc3)C(=O)N(C(=O)OC(C)(C)C)c3ccccc32)cc1. The number of thioether (sulfide) groups is 1. The van der Waals surface area contributed by atoms with Crippen LogP contribution in [-0.4, -0.2) is 17.6 Å². The molecule has 0 N–H and O–H groups in total. The minimum atomic E-state index is -1.09. The summed E-state index contributed by atoms with van der Waals surface area (Å²) in [7, 11) is 0. The second-order valence-electron chi connectivity index (χ2n) is 8.60. The number of rotatable bonds is 3. The largest absolute Gasteiger partial charge is 0.443 e. The van der Waals surface area contributed by atoms with E-state index >= 15 is 0 Å². The van der Waals surface area contributed by atoms with Crippen molar-refractivity contribution < 1.29 is 14.3 Å². The van der Waals surface area contributed by atoms with Crippen molar-refractivity contribution in [3.05, 3.63) is 95.6 Å². The number of aryl methyl sites for hydroxylation is 1. The summed E-state index contributed by atoms with van der Waals surface area (Å²) in [4.78, 5) is 29.4. The number of anilines is 1. The van der Waals surface area contributed by atoms with Gasteiger partial charge in [-0.05, 0) is 51.5 Å². The fourth-order valence-electron chi connectivity index (χ4n) is 3.73. The van der Waals surface area contributed by atoms with E-state index in [1.54, 1.807) is 26.8 Å². The van der Waals surface area contributed by atoms with E-state index in [0.717, 1.165) is 21.6 Å². The third-order valence-corrected chi connectivity index (χ3v) is 6.52. The molecule has 0 fully saturated rings. The fraction of sp³-hybridized carbons (Fsp3) is 0.231. The highest BCUT2D eigenvalue weighted by Crippen LogP contribution is 2.55. The van der Waals surface area contributed by atoms with Crippen molar-refractivity contribution >= 4 is 29.4 Å².